The normalized spacial score (nSPS) is 20.9. The van der Waals surface area contributed by atoms with Gasteiger partial charge in [-0.25, -0.2) is 14.3 Å². The van der Waals surface area contributed by atoms with Gasteiger partial charge in [0, 0.05) is 41.6 Å². The van der Waals surface area contributed by atoms with Crippen LogP contribution in [0.15, 0.2) is 18.2 Å². The molecule has 0 radical (unpaired) electrons. The van der Waals surface area contributed by atoms with Crippen molar-refractivity contribution in [2.75, 3.05) is 19.6 Å². The topological polar surface area (TPSA) is 98.9 Å². The van der Waals surface area contributed by atoms with Gasteiger partial charge in [-0.15, -0.1) is 0 Å². The van der Waals surface area contributed by atoms with Crippen molar-refractivity contribution in [2.45, 2.75) is 37.6 Å². The summed E-state index contributed by atoms with van der Waals surface area (Å²) in [6.45, 7) is 0.799. The van der Waals surface area contributed by atoms with Crippen LogP contribution in [-0.2, 0) is 12.8 Å². The fourth-order valence-corrected chi connectivity index (χ4v) is 5.33. The Hall–Kier alpha value is -2.30. The molecule has 29 heavy (non-hydrogen) atoms. The summed E-state index contributed by atoms with van der Waals surface area (Å²) in [5, 5.41) is 24.0. The third-order valence-corrected chi connectivity index (χ3v) is 7.04. The summed E-state index contributed by atoms with van der Waals surface area (Å²) >= 11 is 2.35. The first-order chi connectivity index (χ1) is 13.9. The Balaban J connectivity index is 1.60. The lowest BCUT2D eigenvalue weighted by Gasteiger charge is -2.35. The summed E-state index contributed by atoms with van der Waals surface area (Å²) in [5.74, 6) is 0.681. The van der Waals surface area contributed by atoms with Gasteiger partial charge in [0.25, 0.3) is 0 Å². The van der Waals surface area contributed by atoms with E-state index in [0.717, 1.165) is 26.2 Å². The Kier molecular flexibility index (Phi) is 4.45. The molecule has 2 N–H and O–H groups in total. The average Bonchev–Trinajstić information content (AvgIpc) is 3.48. The molecule has 2 aliphatic heterocycles. The Morgan fingerprint density at radius 1 is 1.10 bits per heavy atom. The summed E-state index contributed by atoms with van der Waals surface area (Å²) < 4.78 is 3.09. The Morgan fingerprint density at radius 3 is 2.55 bits per heavy atom. The standard InChI is InChI=1S/C20H21IN4O4/c21-13-9-12(11-1-2-11)3-4-15(13)25-16-6-8-24(20(28)29)17-10-23(19(26)27)7-5-14(22-25)18(16)17/h3-4,9,11,17H,1-2,5-8,10H2,(H,26,27)(H,28,29). The maximum atomic E-state index is 11.8. The highest BCUT2D eigenvalue weighted by atomic mass is 127. The van der Waals surface area contributed by atoms with Crippen LogP contribution >= 0.6 is 22.6 Å². The maximum Gasteiger partial charge on any atom is 0.407 e. The maximum absolute atomic E-state index is 11.8. The summed E-state index contributed by atoms with van der Waals surface area (Å²) in [7, 11) is 0. The van der Waals surface area contributed by atoms with Crippen molar-refractivity contribution in [3.63, 3.8) is 0 Å². The second-order valence-corrected chi connectivity index (χ2v) is 9.09. The van der Waals surface area contributed by atoms with E-state index in [1.54, 1.807) is 0 Å². The van der Waals surface area contributed by atoms with E-state index < -0.39 is 18.2 Å². The van der Waals surface area contributed by atoms with Crippen LogP contribution in [0.25, 0.3) is 5.69 Å². The zero-order valence-electron chi connectivity index (χ0n) is 15.7. The monoisotopic (exact) mass is 508 g/mol. The van der Waals surface area contributed by atoms with Gasteiger partial charge in [-0.3, -0.25) is 4.90 Å². The van der Waals surface area contributed by atoms with Crippen molar-refractivity contribution in [3.8, 4) is 5.69 Å². The minimum Gasteiger partial charge on any atom is -0.465 e. The quantitative estimate of drug-likeness (QED) is 0.606. The van der Waals surface area contributed by atoms with Gasteiger partial charge in [-0.1, -0.05) is 6.07 Å². The molecule has 5 rings (SSSR count). The lowest BCUT2D eigenvalue weighted by molar-refractivity contribution is 0.0963. The van der Waals surface area contributed by atoms with Crippen molar-refractivity contribution >= 4 is 34.8 Å². The number of nitrogens with zero attached hydrogens (tertiary/aromatic N) is 4. The highest BCUT2D eigenvalue weighted by Gasteiger charge is 2.40. The van der Waals surface area contributed by atoms with Gasteiger partial charge in [0.1, 0.15) is 0 Å². The van der Waals surface area contributed by atoms with E-state index in [0.29, 0.717) is 31.8 Å². The van der Waals surface area contributed by atoms with Crippen LogP contribution in [0.5, 0.6) is 0 Å². The molecule has 0 saturated heterocycles. The minimum absolute atomic E-state index is 0.144. The summed E-state index contributed by atoms with van der Waals surface area (Å²) in [5.41, 5.74) is 5.08. The van der Waals surface area contributed by atoms with Crippen molar-refractivity contribution < 1.29 is 19.8 Å². The number of aromatic nitrogens is 2. The van der Waals surface area contributed by atoms with Crippen LogP contribution in [0.1, 0.15) is 47.3 Å². The molecule has 2 aromatic rings. The predicted octanol–water partition coefficient (Wildman–Crippen LogP) is 3.47. The van der Waals surface area contributed by atoms with Gasteiger partial charge in [-0.05, 0) is 59.0 Å². The van der Waals surface area contributed by atoms with E-state index in [2.05, 4.69) is 40.8 Å². The van der Waals surface area contributed by atoms with Crippen LogP contribution in [0, 0.1) is 3.57 Å². The SMILES string of the molecule is O=C(O)N1CCc2nn(-c3ccc(C4CC4)cc3I)c3c2C(C1)N(C(=O)O)CC3. The van der Waals surface area contributed by atoms with Crippen molar-refractivity contribution in [1.82, 2.24) is 19.6 Å². The van der Waals surface area contributed by atoms with Gasteiger partial charge in [0.2, 0.25) is 0 Å². The molecule has 9 heteroatoms. The Morgan fingerprint density at radius 2 is 1.90 bits per heavy atom. The number of halogens is 1. The molecule has 1 aliphatic carbocycles. The molecule has 152 valence electrons. The highest BCUT2D eigenvalue weighted by Crippen LogP contribution is 2.42. The van der Waals surface area contributed by atoms with Crippen LogP contribution < -0.4 is 0 Å². The number of rotatable bonds is 2. The lowest BCUT2D eigenvalue weighted by atomic mass is 9.96. The molecule has 1 aromatic carbocycles. The number of carbonyl (C=O) groups is 2. The van der Waals surface area contributed by atoms with Gasteiger partial charge in [-0.2, -0.15) is 5.10 Å². The molecular weight excluding hydrogens is 487 g/mol. The lowest BCUT2D eigenvalue weighted by Crippen LogP contribution is -2.45. The van der Waals surface area contributed by atoms with Gasteiger partial charge in [0.05, 0.1) is 23.1 Å². The molecule has 3 aliphatic rings. The van der Waals surface area contributed by atoms with Gasteiger partial charge in [0.15, 0.2) is 0 Å². The van der Waals surface area contributed by atoms with Crippen LogP contribution in [0.3, 0.4) is 0 Å². The van der Waals surface area contributed by atoms with E-state index in [4.69, 9.17) is 5.10 Å². The van der Waals surface area contributed by atoms with E-state index in [9.17, 15) is 19.8 Å². The molecule has 1 atom stereocenters. The zero-order chi connectivity index (χ0) is 20.3. The van der Waals surface area contributed by atoms with Crippen molar-refractivity contribution in [2.24, 2.45) is 0 Å². The number of carboxylic acid groups (broad SMARTS) is 2. The third-order valence-electron chi connectivity index (χ3n) is 6.17. The first-order valence-corrected chi connectivity index (χ1v) is 10.9. The first-order valence-electron chi connectivity index (χ1n) is 9.82. The van der Waals surface area contributed by atoms with E-state index in [-0.39, 0.29) is 6.54 Å². The number of amides is 2. The smallest absolute Gasteiger partial charge is 0.407 e. The summed E-state index contributed by atoms with van der Waals surface area (Å²) in [6.07, 6.45) is 1.52. The molecule has 8 nitrogen and oxygen atoms in total. The Labute approximate surface area is 181 Å². The zero-order valence-corrected chi connectivity index (χ0v) is 17.9. The van der Waals surface area contributed by atoms with E-state index in [1.165, 1.54) is 28.2 Å². The van der Waals surface area contributed by atoms with E-state index in [1.807, 2.05) is 4.68 Å². The second-order valence-electron chi connectivity index (χ2n) is 7.92. The van der Waals surface area contributed by atoms with Crippen LogP contribution in [0.2, 0.25) is 0 Å². The summed E-state index contributed by atoms with van der Waals surface area (Å²) in [4.78, 5) is 26.1. The predicted molar refractivity (Wildman–Crippen MR) is 113 cm³/mol. The number of benzene rings is 1. The molecule has 2 amide bonds. The highest BCUT2D eigenvalue weighted by molar-refractivity contribution is 14.1. The summed E-state index contributed by atoms with van der Waals surface area (Å²) in [6, 6.07) is 6.00. The molecule has 0 spiro atoms. The third kappa shape index (κ3) is 3.15. The van der Waals surface area contributed by atoms with Crippen molar-refractivity contribution in [3.05, 3.63) is 44.3 Å². The molecule has 1 fully saturated rings. The van der Waals surface area contributed by atoms with Crippen LogP contribution in [-0.4, -0.2) is 61.6 Å². The fraction of sp³-hybridized carbons (Fsp3) is 0.450. The largest absolute Gasteiger partial charge is 0.465 e. The number of hydrogen-bond donors (Lipinski definition) is 2. The molecular formula is C20H21IN4O4. The van der Waals surface area contributed by atoms with Crippen LogP contribution in [0.4, 0.5) is 9.59 Å². The second kappa shape index (κ2) is 6.89. The average molecular weight is 508 g/mol. The molecule has 1 saturated carbocycles. The molecule has 0 bridgehead atoms. The number of hydrogen-bond acceptors (Lipinski definition) is 3. The molecule has 1 unspecified atom stereocenters. The Bertz CT molecular complexity index is 1020. The molecule has 1 aromatic heterocycles. The van der Waals surface area contributed by atoms with Crippen molar-refractivity contribution in [1.29, 1.82) is 0 Å². The van der Waals surface area contributed by atoms with Gasteiger partial charge >= 0.3 is 12.2 Å². The van der Waals surface area contributed by atoms with E-state index >= 15 is 0 Å². The van der Waals surface area contributed by atoms with Gasteiger partial charge < -0.3 is 15.1 Å². The molecule has 3 heterocycles. The first kappa shape index (κ1) is 18.7. The fourth-order valence-electron chi connectivity index (χ4n) is 4.56. The minimum atomic E-state index is -1.02.